The van der Waals surface area contributed by atoms with Crippen molar-refractivity contribution >= 4 is 6.08 Å². The average molecular weight is 254 g/mol. The Morgan fingerprint density at radius 3 is 2.47 bits per heavy atom. The number of ether oxygens (including phenoxy) is 2. The number of rotatable bonds is 5. The van der Waals surface area contributed by atoms with E-state index in [1.807, 2.05) is 55.5 Å². The molecule has 98 valence electrons. The zero-order valence-corrected chi connectivity index (χ0v) is 11.3. The van der Waals surface area contributed by atoms with Gasteiger partial charge >= 0.3 is 0 Å². The van der Waals surface area contributed by atoms with Crippen LogP contribution in [0.15, 0.2) is 49.0 Å². The summed E-state index contributed by atoms with van der Waals surface area (Å²) in [5.74, 6) is 1.49. The number of methoxy groups -OCH3 is 1. The van der Waals surface area contributed by atoms with Crippen LogP contribution in [0.5, 0.6) is 11.5 Å². The van der Waals surface area contributed by atoms with Gasteiger partial charge in [-0.1, -0.05) is 43.0 Å². The fourth-order valence-electron chi connectivity index (χ4n) is 1.90. The van der Waals surface area contributed by atoms with Crippen molar-refractivity contribution in [2.75, 3.05) is 7.11 Å². The van der Waals surface area contributed by atoms with Crippen molar-refractivity contribution in [2.45, 2.75) is 13.5 Å². The maximum Gasteiger partial charge on any atom is 0.162 e. The Balaban J connectivity index is 2.21. The molecule has 0 saturated heterocycles. The van der Waals surface area contributed by atoms with Gasteiger partial charge in [0.25, 0.3) is 0 Å². The normalized spacial score (nSPS) is 10.0. The summed E-state index contributed by atoms with van der Waals surface area (Å²) in [4.78, 5) is 0. The number of hydrogen-bond donors (Lipinski definition) is 0. The Hall–Kier alpha value is -2.22. The Bertz CT molecular complexity index is 559. The van der Waals surface area contributed by atoms with Crippen LogP contribution in [0.4, 0.5) is 0 Å². The molecule has 0 unspecified atom stereocenters. The van der Waals surface area contributed by atoms with Crippen molar-refractivity contribution in [3.8, 4) is 11.5 Å². The molecule has 0 radical (unpaired) electrons. The lowest BCUT2D eigenvalue weighted by atomic mass is 10.1. The highest BCUT2D eigenvalue weighted by atomic mass is 16.5. The fraction of sp³-hybridized carbons (Fsp3) is 0.176. The predicted molar refractivity (Wildman–Crippen MR) is 78.6 cm³/mol. The second kappa shape index (κ2) is 6.10. The van der Waals surface area contributed by atoms with Gasteiger partial charge in [-0.25, -0.2) is 0 Å². The molecule has 0 aromatic heterocycles. The molecule has 0 heterocycles. The summed E-state index contributed by atoms with van der Waals surface area (Å²) in [5, 5.41) is 0. The third-order valence-corrected chi connectivity index (χ3v) is 3.01. The maximum absolute atomic E-state index is 5.84. The van der Waals surface area contributed by atoms with Gasteiger partial charge in [0.2, 0.25) is 0 Å². The molecular formula is C17H18O2. The number of benzene rings is 2. The standard InChI is InChI=1S/C17H18O2/c1-4-15-11-17(16(18-3)10-13(15)2)19-12-14-8-6-5-7-9-14/h4-11H,1,12H2,2-3H3. The van der Waals surface area contributed by atoms with E-state index >= 15 is 0 Å². The van der Waals surface area contributed by atoms with E-state index in [9.17, 15) is 0 Å². The fourth-order valence-corrected chi connectivity index (χ4v) is 1.90. The topological polar surface area (TPSA) is 18.5 Å². The van der Waals surface area contributed by atoms with Crippen LogP contribution >= 0.6 is 0 Å². The summed E-state index contributed by atoms with van der Waals surface area (Å²) >= 11 is 0. The molecule has 0 bridgehead atoms. The van der Waals surface area contributed by atoms with E-state index in [1.54, 1.807) is 7.11 Å². The molecule has 0 aliphatic carbocycles. The molecule has 0 spiro atoms. The van der Waals surface area contributed by atoms with Gasteiger partial charge < -0.3 is 9.47 Å². The van der Waals surface area contributed by atoms with Crippen LogP contribution < -0.4 is 9.47 Å². The quantitative estimate of drug-likeness (QED) is 0.795. The van der Waals surface area contributed by atoms with E-state index in [-0.39, 0.29) is 0 Å². The minimum absolute atomic E-state index is 0.525. The highest BCUT2D eigenvalue weighted by Crippen LogP contribution is 2.31. The van der Waals surface area contributed by atoms with Crippen LogP contribution in [0.25, 0.3) is 6.08 Å². The monoisotopic (exact) mass is 254 g/mol. The van der Waals surface area contributed by atoms with Crippen LogP contribution in [-0.2, 0) is 6.61 Å². The molecule has 0 aliphatic heterocycles. The van der Waals surface area contributed by atoms with E-state index in [4.69, 9.17) is 9.47 Å². The largest absolute Gasteiger partial charge is 0.493 e. The van der Waals surface area contributed by atoms with Crippen molar-refractivity contribution in [1.82, 2.24) is 0 Å². The van der Waals surface area contributed by atoms with Gasteiger partial charge in [0, 0.05) is 0 Å². The first-order valence-electron chi connectivity index (χ1n) is 6.22. The summed E-state index contributed by atoms with van der Waals surface area (Å²) in [7, 11) is 1.65. The Morgan fingerprint density at radius 1 is 1.11 bits per heavy atom. The van der Waals surface area contributed by atoms with Gasteiger partial charge in [-0.3, -0.25) is 0 Å². The Kier molecular flexibility index (Phi) is 4.24. The SMILES string of the molecule is C=Cc1cc(OCc2ccccc2)c(OC)cc1C. The first-order valence-corrected chi connectivity index (χ1v) is 6.22. The molecule has 19 heavy (non-hydrogen) atoms. The van der Waals surface area contributed by atoms with Gasteiger partial charge in [0.15, 0.2) is 11.5 Å². The van der Waals surface area contributed by atoms with Crippen molar-refractivity contribution in [1.29, 1.82) is 0 Å². The van der Waals surface area contributed by atoms with Gasteiger partial charge in [0.05, 0.1) is 7.11 Å². The van der Waals surface area contributed by atoms with Crippen LogP contribution in [0.2, 0.25) is 0 Å². The van der Waals surface area contributed by atoms with E-state index in [1.165, 1.54) is 0 Å². The van der Waals surface area contributed by atoms with Crippen molar-refractivity contribution in [3.05, 3.63) is 65.7 Å². The summed E-state index contributed by atoms with van der Waals surface area (Å²) < 4.78 is 11.2. The second-order valence-corrected chi connectivity index (χ2v) is 4.34. The highest BCUT2D eigenvalue weighted by Gasteiger charge is 2.08. The van der Waals surface area contributed by atoms with Crippen LogP contribution in [0, 0.1) is 6.92 Å². The Labute approximate surface area is 114 Å². The molecule has 0 N–H and O–H groups in total. The summed E-state index contributed by atoms with van der Waals surface area (Å²) in [6.45, 7) is 6.36. The minimum atomic E-state index is 0.525. The van der Waals surface area contributed by atoms with E-state index in [2.05, 4.69) is 6.58 Å². The summed E-state index contributed by atoms with van der Waals surface area (Å²) in [5.41, 5.74) is 3.31. The zero-order valence-electron chi connectivity index (χ0n) is 11.3. The number of hydrogen-bond acceptors (Lipinski definition) is 2. The van der Waals surface area contributed by atoms with Gasteiger partial charge in [-0.15, -0.1) is 0 Å². The Morgan fingerprint density at radius 2 is 1.84 bits per heavy atom. The van der Waals surface area contributed by atoms with Crippen LogP contribution in [0.1, 0.15) is 16.7 Å². The lowest BCUT2D eigenvalue weighted by molar-refractivity contribution is 0.284. The van der Waals surface area contributed by atoms with Gasteiger partial charge in [-0.05, 0) is 35.7 Å². The molecule has 2 aromatic rings. The third kappa shape index (κ3) is 3.16. The zero-order chi connectivity index (χ0) is 13.7. The number of aryl methyl sites for hydroxylation is 1. The van der Waals surface area contributed by atoms with E-state index < -0.39 is 0 Å². The molecule has 2 rings (SSSR count). The molecule has 2 heteroatoms. The smallest absolute Gasteiger partial charge is 0.162 e. The second-order valence-electron chi connectivity index (χ2n) is 4.34. The van der Waals surface area contributed by atoms with Gasteiger partial charge in [-0.2, -0.15) is 0 Å². The molecule has 0 fully saturated rings. The van der Waals surface area contributed by atoms with Crippen molar-refractivity contribution < 1.29 is 9.47 Å². The van der Waals surface area contributed by atoms with E-state index in [0.29, 0.717) is 6.61 Å². The molecule has 0 atom stereocenters. The predicted octanol–water partition coefficient (Wildman–Crippen LogP) is 4.23. The van der Waals surface area contributed by atoms with Gasteiger partial charge in [0.1, 0.15) is 6.61 Å². The maximum atomic E-state index is 5.84. The van der Waals surface area contributed by atoms with E-state index in [0.717, 1.165) is 28.2 Å². The summed E-state index contributed by atoms with van der Waals surface area (Å²) in [6.07, 6.45) is 1.82. The lowest BCUT2D eigenvalue weighted by Crippen LogP contribution is -1.98. The molecular weight excluding hydrogens is 236 g/mol. The molecule has 2 nitrogen and oxygen atoms in total. The minimum Gasteiger partial charge on any atom is -0.493 e. The first-order chi connectivity index (χ1) is 9.24. The molecule has 0 amide bonds. The average Bonchev–Trinajstić information content (AvgIpc) is 2.46. The lowest BCUT2D eigenvalue weighted by Gasteiger charge is -2.13. The van der Waals surface area contributed by atoms with Crippen LogP contribution in [-0.4, -0.2) is 7.11 Å². The molecule has 0 saturated carbocycles. The first kappa shape index (κ1) is 13.2. The molecule has 2 aromatic carbocycles. The van der Waals surface area contributed by atoms with Crippen molar-refractivity contribution in [2.24, 2.45) is 0 Å². The highest BCUT2D eigenvalue weighted by molar-refractivity contribution is 5.58. The third-order valence-electron chi connectivity index (χ3n) is 3.01. The summed E-state index contributed by atoms with van der Waals surface area (Å²) in [6, 6.07) is 14.0. The van der Waals surface area contributed by atoms with Crippen molar-refractivity contribution in [3.63, 3.8) is 0 Å². The van der Waals surface area contributed by atoms with Crippen LogP contribution in [0.3, 0.4) is 0 Å². The molecule has 0 aliphatic rings.